The van der Waals surface area contributed by atoms with Crippen LogP contribution in [-0.4, -0.2) is 54.0 Å². The number of rotatable bonds is 5. The first-order valence-corrected chi connectivity index (χ1v) is 11.0. The van der Waals surface area contributed by atoms with E-state index in [4.69, 9.17) is 0 Å². The fraction of sp³-hybridized carbons (Fsp3) is 0.529. The van der Waals surface area contributed by atoms with Crippen LogP contribution >= 0.6 is 62.6 Å². The van der Waals surface area contributed by atoms with E-state index in [9.17, 15) is 0 Å². The van der Waals surface area contributed by atoms with Crippen molar-refractivity contribution in [3.05, 3.63) is 36.9 Å². The molecule has 1 saturated heterocycles. The molecule has 9 heteroatoms. The van der Waals surface area contributed by atoms with E-state index in [2.05, 4.69) is 65.5 Å². The Morgan fingerprint density at radius 3 is 2.65 bits per heavy atom. The van der Waals surface area contributed by atoms with E-state index in [0.717, 1.165) is 57.3 Å². The molecule has 1 N–H and O–H groups in total. The van der Waals surface area contributed by atoms with Crippen LogP contribution in [0, 0.1) is 0 Å². The Morgan fingerprint density at radius 2 is 2.08 bits per heavy atom. The lowest BCUT2D eigenvalue weighted by Crippen LogP contribution is -2.52. The Kier molecular flexibility index (Phi) is 9.28. The molecule has 0 spiro atoms. The summed E-state index contributed by atoms with van der Waals surface area (Å²) in [5.74, 6) is 0.976. The molecule has 3 rings (SSSR count). The summed E-state index contributed by atoms with van der Waals surface area (Å²) in [6.45, 7) is 8.05. The summed E-state index contributed by atoms with van der Waals surface area (Å²) in [7, 11) is 1.86. The quantitative estimate of drug-likeness (QED) is 0.335. The van der Waals surface area contributed by atoms with Gasteiger partial charge in [-0.15, -0.1) is 46.7 Å². The van der Waals surface area contributed by atoms with Gasteiger partial charge in [0.1, 0.15) is 0 Å². The molecule has 0 radical (unpaired) electrons. The number of halogens is 2. The third-order valence-electron chi connectivity index (χ3n) is 4.22. The predicted octanol–water partition coefficient (Wildman–Crippen LogP) is 4.04. The number of aromatic nitrogens is 1. The Labute approximate surface area is 189 Å². The van der Waals surface area contributed by atoms with E-state index in [1.165, 1.54) is 13.7 Å². The van der Waals surface area contributed by atoms with E-state index < -0.39 is 0 Å². The summed E-state index contributed by atoms with van der Waals surface area (Å²) < 4.78 is 1.21. The number of guanidine groups is 1. The fourth-order valence-corrected chi connectivity index (χ4v) is 5.14. The highest BCUT2D eigenvalue weighted by atomic mass is 127. The molecule has 1 aliphatic heterocycles. The number of hydrogen-bond donors (Lipinski definition) is 1. The zero-order valence-corrected chi connectivity index (χ0v) is 20.6. The summed E-state index contributed by atoms with van der Waals surface area (Å²) in [6, 6.07) is 4.34. The maximum atomic E-state index is 4.61. The van der Waals surface area contributed by atoms with Gasteiger partial charge >= 0.3 is 0 Å². The van der Waals surface area contributed by atoms with Gasteiger partial charge in [-0.2, -0.15) is 0 Å². The van der Waals surface area contributed by atoms with Crippen LogP contribution in [0.1, 0.15) is 22.5 Å². The van der Waals surface area contributed by atoms with Gasteiger partial charge in [-0.1, -0.05) is 6.92 Å². The van der Waals surface area contributed by atoms with Gasteiger partial charge in [-0.25, -0.2) is 4.98 Å². The molecule has 5 nitrogen and oxygen atoms in total. The minimum absolute atomic E-state index is 0. The van der Waals surface area contributed by atoms with Crippen molar-refractivity contribution in [3.63, 3.8) is 0 Å². The van der Waals surface area contributed by atoms with Crippen molar-refractivity contribution in [1.29, 1.82) is 0 Å². The third-order valence-corrected chi connectivity index (χ3v) is 6.87. The summed E-state index contributed by atoms with van der Waals surface area (Å²) >= 11 is 7.10. The van der Waals surface area contributed by atoms with E-state index >= 15 is 0 Å². The van der Waals surface area contributed by atoms with Crippen molar-refractivity contribution in [3.8, 4) is 0 Å². The Bertz CT molecular complexity index is 710. The van der Waals surface area contributed by atoms with Crippen LogP contribution in [0.2, 0.25) is 0 Å². The van der Waals surface area contributed by atoms with Gasteiger partial charge in [0.2, 0.25) is 0 Å². The maximum absolute atomic E-state index is 4.61. The first kappa shape index (κ1) is 22.1. The normalized spacial score (nSPS) is 15.8. The van der Waals surface area contributed by atoms with Crippen molar-refractivity contribution in [1.82, 2.24) is 20.1 Å². The molecule has 3 heterocycles. The smallest absolute Gasteiger partial charge is 0.194 e. The molecule has 0 amide bonds. The average molecular weight is 570 g/mol. The van der Waals surface area contributed by atoms with E-state index in [0.29, 0.717) is 0 Å². The second kappa shape index (κ2) is 10.9. The number of aryl methyl sites for hydroxylation is 1. The zero-order chi connectivity index (χ0) is 17.6. The van der Waals surface area contributed by atoms with Gasteiger partial charge in [0.05, 0.1) is 21.0 Å². The standard InChI is InChI=1S/C17H24BrN5S2.HI/c1-3-16-21-13(12-24-16)10-20-17(19-2)23-8-6-22(7-9-23)11-14-4-5-15(18)25-14;/h4-5,12H,3,6-11H2,1-2H3,(H,19,20);1H. The largest absolute Gasteiger partial charge is 0.351 e. The van der Waals surface area contributed by atoms with E-state index in [1.807, 2.05) is 18.4 Å². The molecule has 0 bridgehead atoms. The minimum atomic E-state index is 0. The summed E-state index contributed by atoms with van der Waals surface area (Å²) in [5.41, 5.74) is 1.10. The lowest BCUT2D eigenvalue weighted by molar-refractivity contribution is 0.173. The second-order valence-electron chi connectivity index (χ2n) is 5.96. The number of thiophene rings is 1. The molecule has 1 aliphatic rings. The first-order valence-electron chi connectivity index (χ1n) is 8.53. The van der Waals surface area contributed by atoms with Crippen molar-refractivity contribution < 1.29 is 0 Å². The van der Waals surface area contributed by atoms with Crippen LogP contribution in [0.5, 0.6) is 0 Å². The summed E-state index contributed by atoms with van der Waals surface area (Å²) in [4.78, 5) is 15.3. The van der Waals surface area contributed by atoms with Crippen LogP contribution in [0.25, 0.3) is 0 Å². The highest BCUT2D eigenvalue weighted by molar-refractivity contribution is 14.0. The zero-order valence-electron chi connectivity index (χ0n) is 15.1. The molecule has 2 aromatic heterocycles. The average Bonchev–Trinajstić information content (AvgIpc) is 3.25. The van der Waals surface area contributed by atoms with Crippen LogP contribution in [0.3, 0.4) is 0 Å². The molecule has 0 aromatic carbocycles. The lowest BCUT2D eigenvalue weighted by Gasteiger charge is -2.36. The van der Waals surface area contributed by atoms with Crippen LogP contribution in [0.4, 0.5) is 0 Å². The van der Waals surface area contributed by atoms with Gasteiger partial charge in [-0.05, 0) is 34.5 Å². The highest BCUT2D eigenvalue weighted by Crippen LogP contribution is 2.23. The monoisotopic (exact) mass is 569 g/mol. The van der Waals surface area contributed by atoms with Gasteiger partial charge in [0.15, 0.2) is 5.96 Å². The van der Waals surface area contributed by atoms with Crippen LogP contribution < -0.4 is 5.32 Å². The molecule has 0 aliphatic carbocycles. The topological polar surface area (TPSA) is 43.8 Å². The molecule has 144 valence electrons. The SMILES string of the molecule is CCc1nc(CNC(=NC)N2CCN(Cc3ccc(Br)s3)CC2)cs1.I. The maximum Gasteiger partial charge on any atom is 0.194 e. The van der Waals surface area contributed by atoms with Crippen LogP contribution in [-0.2, 0) is 19.5 Å². The van der Waals surface area contributed by atoms with Crippen molar-refractivity contribution in [2.45, 2.75) is 26.4 Å². The molecular weight excluding hydrogens is 545 g/mol. The van der Waals surface area contributed by atoms with Crippen molar-refractivity contribution in [2.75, 3.05) is 33.2 Å². The lowest BCUT2D eigenvalue weighted by atomic mass is 10.3. The third kappa shape index (κ3) is 6.15. The molecule has 0 unspecified atom stereocenters. The highest BCUT2D eigenvalue weighted by Gasteiger charge is 2.20. The number of nitrogens with zero attached hydrogens (tertiary/aromatic N) is 4. The fourth-order valence-electron chi connectivity index (χ4n) is 2.87. The van der Waals surface area contributed by atoms with Crippen molar-refractivity contribution in [2.24, 2.45) is 4.99 Å². The number of nitrogens with one attached hydrogen (secondary N) is 1. The number of hydrogen-bond acceptors (Lipinski definition) is 5. The van der Waals surface area contributed by atoms with Gasteiger partial charge in [0.25, 0.3) is 0 Å². The van der Waals surface area contributed by atoms with Gasteiger partial charge in [0, 0.05) is 50.0 Å². The van der Waals surface area contributed by atoms with E-state index in [-0.39, 0.29) is 24.0 Å². The Hall–Kier alpha value is -0.230. The summed E-state index contributed by atoms with van der Waals surface area (Å²) in [6.07, 6.45) is 1.00. The second-order valence-corrected chi connectivity index (χ2v) is 9.45. The molecule has 1 fully saturated rings. The van der Waals surface area contributed by atoms with Gasteiger partial charge in [-0.3, -0.25) is 9.89 Å². The Balaban J connectivity index is 0.00000243. The molecule has 0 saturated carbocycles. The van der Waals surface area contributed by atoms with E-state index in [1.54, 1.807) is 11.3 Å². The molecular formula is C17H25BrIN5S2. The minimum Gasteiger partial charge on any atom is -0.351 e. The number of thiazole rings is 1. The molecule has 0 atom stereocenters. The number of aliphatic imine (C=N–C) groups is 1. The Morgan fingerprint density at radius 1 is 1.31 bits per heavy atom. The molecule has 2 aromatic rings. The first-order chi connectivity index (χ1) is 12.2. The molecule has 26 heavy (non-hydrogen) atoms. The van der Waals surface area contributed by atoms with Crippen molar-refractivity contribution >= 4 is 68.5 Å². The van der Waals surface area contributed by atoms with Gasteiger partial charge < -0.3 is 10.2 Å². The van der Waals surface area contributed by atoms with Crippen LogP contribution in [0.15, 0.2) is 26.3 Å². The number of piperazine rings is 1. The predicted molar refractivity (Wildman–Crippen MR) is 126 cm³/mol. The summed E-state index contributed by atoms with van der Waals surface area (Å²) in [5, 5.41) is 6.79.